The highest BCUT2D eigenvalue weighted by atomic mass is 16.3. The van der Waals surface area contributed by atoms with Crippen molar-refractivity contribution in [1.29, 1.82) is 0 Å². The Balaban J connectivity index is 2.23. The maximum absolute atomic E-state index is 8.68. The molecule has 1 atom stereocenters. The molecule has 3 N–H and O–H groups in total. The van der Waals surface area contributed by atoms with Gasteiger partial charge < -0.3 is 10.4 Å². The summed E-state index contributed by atoms with van der Waals surface area (Å²) in [6, 6.07) is 0.143. The largest absolute Gasteiger partial charge is 0.395 e. The van der Waals surface area contributed by atoms with E-state index in [9.17, 15) is 0 Å². The molecule has 0 aliphatic carbocycles. The van der Waals surface area contributed by atoms with Crippen molar-refractivity contribution >= 4 is 0 Å². The van der Waals surface area contributed by atoms with Crippen LogP contribution in [0.2, 0.25) is 0 Å². The van der Waals surface area contributed by atoms with Crippen molar-refractivity contribution in [3.63, 3.8) is 0 Å². The molecule has 0 fully saturated rings. The molecular formula is C7H13N3O. The minimum Gasteiger partial charge on any atom is -0.395 e. The minimum atomic E-state index is 0.143. The molecule has 62 valence electrons. The standard InChI is InChI=1S/C7H13N3O/c1-6(5-11)8-2-7-3-9-10-4-7/h3-4,6,8,11H,2,5H2,1H3,(H,9,10). The Bertz CT molecular complexity index is 186. The zero-order valence-electron chi connectivity index (χ0n) is 6.54. The van der Waals surface area contributed by atoms with E-state index < -0.39 is 0 Å². The van der Waals surface area contributed by atoms with Crippen LogP contribution in [-0.4, -0.2) is 28.0 Å². The molecule has 0 radical (unpaired) electrons. The number of hydrogen-bond acceptors (Lipinski definition) is 3. The molecule has 4 nitrogen and oxygen atoms in total. The molecule has 1 aromatic rings. The van der Waals surface area contributed by atoms with E-state index >= 15 is 0 Å². The summed E-state index contributed by atoms with van der Waals surface area (Å²) < 4.78 is 0. The van der Waals surface area contributed by atoms with Gasteiger partial charge in [-0.05, 0) is 6.92 Å². The first-order valence-corrected chi connectivity index (χ1v) is 3.65. The fourth-order valence-corrected chi connectivity index (χ4v) is 0.731. The molecule has 0 aliphatic rings. The maximum Gasteiger partial charge on any atom is 0.0582 e. The molecular weight excluding hydrogens is 142 g/mol. The summed E-state index contributed by atoms with van der Waals surface area (Å²) in [6.45, 7) is 2.84. The van der Waals surface area contributed by atoms with Crippen molar-refractivity contribution in [2.24, 2.45) is 0 Å². The van der Waals surface area contributed by atoms with Crippen LogP contribution in [0.3, 0.4) is 0 Å². The second kappa shape index (κ2) is 4.10. The van der Waals surface area contributed by atoms with Crippen molar-refractivity contribution in [2.45, 2.75) is 19.5 Å². The molecule has 11 heavy (non-hydrogen) atoms. The number of rotatable bonds is 4. The SMILES string of the molecule is CC(CO)NCc1cn[nH]c1. The van der Waals surface area contributed by atoms with Crippen LogP contribution >= 0.6 is 0 Å². The van der Waals surface area contributed by atoms with E-state index in [1.165, 1.54) is 0 Å². The zero-order chi connectivity index (χ0) is 8.10. The first-order valence-electron chi connectivity index (χ1n) is 3.65. The number of aliphatic hydroxyl groups excluding tert-OH is 1. The maximum atomic E-state index is 8.68. The predicted molar refractivity (Wildman–Crippen MR) is 42.0 cm³/mol. The lowest BCUT2D eigenvalue weighted by molar-refractivity contribution is 0.251. The fraction of sp³-hybridized carbons (Fsp3) is 0.571. The van der Waals surface area contributed by atoms with Gasteiger partial charge >= 0.3 is 0 Å². The third-order valence-electron chi connectivity index (χ3n) is 1.48. The van der Waals surface area contributed by atoms with Crippen LogP contribution in [0.5, 0.6) is 0 Å². The highest BCUT2D eigenvalue weighted by Gasteiger charge is 1.98. The van der Waals surface area contributed by atoms with Gasteiger partial charge in [-0.15, -0.1) is 0 Å². The summed E-state index contributed by atoms with van der Waals surface area (Å²) in [5.74, 6) is 0. The number of hydrogen-bond donors (Lipinski definition) is 3. The second-order valence-electron chi connectivity index (χ2n) is 2.57. The number of aromatic nitrogens is 2. The molecule has 0 aliphatic heterocycles. The Morgan fingerprint density at radius 3 is 3.18 bits per heavy atom. The van der Waals surface area contributed by atoms with Crippen LogP contribution < -0.4 is 5.32 Å². The Hall–Kier alpha value is -0.870. The van der Waals surface area contributed by atoms with Gasteiger partial charge in [0, 0.05) is 24.3 Å². The first kappa shape index (κ1) is 8.23. The summed E-state index contributed by atoms with van der Waals surface area (Å²) in [7, 11) is 0. The van der Waals surface area contributed by atoms with Crippen LogP contribution in [0, 0.1) is 0 Å². The highest BCUT2D eigenvalue weighted by molar-refractivity contribution is 5.01. The number of aliphatic hydroxyl groups is 1. The van der Waals surface area contributed by atoms with E-state index in [4.69, 9.17) is 5.11 Å². The lowest BCUT2D eigenvalue weighted by Crippen LogP contribution is -2.28. The summed E-state index contributed by atoms with van der Waals surface area (Å²) in [4.78, 5) is 0. The van der Waals surface area contributed by atoms with Gasteiger partial charge in [0.2, 0.25) is 0 Å². The van der Waals surface area contributed by atoms with Crippen LogP contribution in [0.15, 0.2) is 12.4 Å². The van der Waals surface area contributed by atoms with E-state index in [1.54, 1.807) is 6.20 Å². The highest BCUT2D eigenvalue weighted by Crippen LogP contribution is 1.92. The van der Waals surface area contributed by atoms with E-state index in [0.717, 1.165) is 12.1 Å². The van der Waals surface area contributed by atoms with Crippen molar-refractivity contribution in [2.75, 3.05) is 6.61 Å². The lowest BCUT2D eigenvalue weighted by Gasteiger charge is -2.08. The quantitative estimate of drug-likeness (QED) is 0.568. The fourth-order valence-electron chi connectivity index (χ4n) is 0.731. The third-order valence-corrected chi connectivity index (χ3v) is 1.48. The molecule has 1 aromatic heterocycles. The van der Waals surface area contributed by atoms with Crippen LogP contribution in [-0.2, 0) is 6.54 Å². The van der Waals surface area contributed by atoms with E-state index in [2.05, 4.69) is 15.5 Å². The lowest BCUT2D eigenvalue weighted by atomic mass is 10.3. The minimum absolute atomic E-state index is 0.143. The normalized spacial score (nSPS) is 13.3. The van der Waals surface area contributed by atoms with Gasteiger partial charge in [0.05, 0.1) is 12.8 Å². The number of aromatic amines is 1. The van der Waals surface area contributed by atoms with Crippen LogP contribution in [0.1, 0.15) is 12.5 Å². The van der Waals surface area contributed by atoms with Gasteiger partial charge in [-0.25, -0.2) is 0 Å². The van der Waals surface area contributed by atoms with Crippen molar-refractivity contribution < 1.29 is 5.11 Å². The van der Waals surface area contributed by atoms with Crippen LogP contribution in [0.25, 0.3) is 0 Å². The predicted octanol–water partition coefficient (Wildman–Crippen LogP) is -0.120. The van der Waals surface area contributed by atoms with E-state index in [1.807, 2.05) is 13.1 Å². The van der Waals surface area contributed by atoms with Gasteiger partial charge in [0.15, 0.2) is 0 Å². The van der Waals surface area contributed by atoms with Crippen LogP contribution in [0.4, 0.5) is 0 Å². The smallest absolute Gasteiger partial charge is 0.0582 e. The van der Waals surface area contributed by atoms with Crippen molar-refractivity contribution in [3.05, 3.63) is 18.0 Å². The molecule has 0 amide bonds. The second-order valence-corrected chi connectivity index (χ2v) is 2.57. The monoisotopic (exact) mass is 155 g/mol. The summed E-state index contributed by atoms with van der Waals surface area (Å²) in [5.41, 5.74) is 1.10. The molecule has 1 unspecified atom stereocenters. The summed E-state index contributed by atoms with van der Waals surface area (Å²) >= 11 is 0. The molecule has 1 rings (SSSR count). The van der Waals surface area contributed by atoms with Crippen molar-refractivity contribution in [3.8, 4) is 0 Å². The zero-order valence-corrected chi connectivity index (χ0v) is 6.54. The summed E-state index contributed by atoms with van der Waals surface area (Å²) in [6.07, 6.45) is 3.59. The molecule has 0 spiro atoms. The van der Waals surface area contributed by atoms with Gasteiger partial charge in [0.25, 0.3) is 0 Å². The Labute approximate surface area is 65.6 Å². The van der Waals surface area contributed by atoms with Crippen molar-refractivity contribution in [1.82, 2.24) is 15.5 Å². The molecule has 4 heteroatoms. The van der Waals surface area contributed by atoms with Gasteiger partial charge in [-0.2, -0.15) is 5.10 Å². The Kier molecular flexibility index (Phi) is 3.07. The number of nitrogens with zero attached hydrogens (tertiary/aromatic N) is 1. The average Bonchev–Trinajstić information content (AvgIpc) is 2.52. The molecule has 0 bridgehead atoms. The van der Waals surface area contributed by atoms with E-state index in [0.29, 0.717) is 0 Å². The average molecular weight is 155 g/mol. The first-order chi connectivity index (χ1) is 5.33. The molecule has 0 saturated carbocycles. The summed E-state index contributed by atoms with van der Waals surface area (Å²) in [5, 5.41) is 18.3. The Morgan fingerprint density at radius 1 is 1.82 bits per heavy atom. The van der Waals surface area contributed by atoms with Gasteiger partial charge in [-0.3, -0.25) is 5.10 Å². The number of nitrogens with one attached hydrogen (secondary N) is 2. The topological polar surface area (TPSA) is 60.9 Å². The molecule has 1 heterocycles. The third kappa shape index (κ3) is 2.69. The molecule has 0 saturated heterocycles. The number of H-pyrrole nitrogens is 1. The Morgan fingerprint density at radius 2 is 2.64 bits per heavy atom. The van der Waals surface area contributed by atoms with E-state index in [-0.39, 0.29) is 12.6 Å². The van der Waals surface area contributed by atoms with Gasteiger partial charge in [-0.1, -0.05) is 0 Å². The molecule has 0 aromatic carbocycles. The van der Waals surface area contributed by atoms with Gasteiger partial charge in [0.1, 0.15) is 0 Å².